The van der Waals surface area contributed by atoms with E-state index < -0.39 is 17.7 Å². The van der Waals surface area contributed by atoms with E-state index in [1.165, 1.54) is 6.33 Å². The summed E-state index contributed by atoms with van der Waals surface area (Å²) in [4.78, 5) is 30.1. The van der Waals surface area contributed by atoms with Gasteiger partial charge in [0.05, 0.1) is 47.6 Å². The predicted molar refractivity (Wildman–Crippen MR) is 132 cm³/mol. The lowest BCUT2D eigenvalue weighted by Gasteiger charge is -2.29. The highest BCUT2D eigenvalue weighted by Crippen LogP contribution is 2.41. The Labute approximate surface area is 213 Å². The normalized spacial score (nSPS) is 14.8. The topological polar surface area (TPSA) is 101 Å². The number of fused-ring (bicyclic) bond motifs is 3. The van der Waals surface area contributed by atoms with E-state index in [-0.39, 0.29) is 23.9 Å². The molecule has 1 aliphatic heterocycles. The number of rotatable bonds is 3. The minimum Gasteiger partial charge on any atom is -0.490 e. The van der Waals surface area contributed by atoms with Crippen LogP contribution in [0, 0.1) is 18.2 Å². The molecule has 12 heteroatoms. The van der Waals surface area contributed by atoms with Crippen LogP contribution in [0.1, 0.15) is 18.0 Å². The average Bonchev–Trinajstić information content (AvgIpc) is 3.56. The number of nitrogens with zero attached hydrogens (tertiary/aromatic N) is 9. The summed E-state index contributed by atoms with van der Waals surface area (Å²) in [5.74, 6) is -0.647. The Balaban J connectivity index is 1.50. The highest BCUT2D eigenvalue weighted by Gasteiger charge is 2.33. The van der Waals surface area contributed by atoms with Gasteiger partial charge in [0, 0.05) is 18.8 Å². The molecule has 4 aromatic heterocycles. The van der Waals surface area contributed by atoms with Gasteiger partial charge in [-0.15, -0.1) is 0 Å². The minimum absolute atomic E-state index is 0.0867. The monoisotopic (exact) mass is 507 g/mol. The fourth-order valence-electron chi connectivity index (χ4n) is 4.82. The molecule has 0 saturated heterocycles. The Bertz CT molecular complexity index is 1910. The number of benzene rings is 2. The lowest BCUT2D eigenvalue weighted by molar-refractivity contribution is 0.240. The zero-order valence-corrected chi connectivity index (χ0v) is 19.5. The van der Waals surface area contributed by atoms with Crippen LogP contribution >= 0.6 is 0 Å². The van der Waals surface area contributed by atoms with Gasteiger partial charge < -0.3 is 9.30 Å². The number of ether oxygens (including phenoxy) is 1. The van der Waals surface area contributed by atoms with Gasteiger partial charge in [0.2, 0.25) is 5.95 Å². The number of aromatic nitrogens is 8. The molecule has 38 heavy (non-hydrogen) atoms. The summed E-state index contributed by atoms with van der Waals surface area (Å²) in [5.41, 5.74) is 3.29. The van der Waals surface area contributed by atoms with E-state index in [0.717, 1.165) is 12.1 Å². The Morgan fingerprint density at radius 1 is 0.974 bits per heavy atom. The van der Waals surface area contributed by atoms with E-state index >= 15 is 4.39 Å². The van der Waals surface area contributed by atoms with Crippen molar-refractivity contribution in [1.82, 2.24) is 39.0 Å². The number of halogens is 2. The van der Waals surface area contributed by atoms with Crippen LogP contribution < -0.4 is 4.74 Å². The fourth-order valence-corrected chi connectivity index (χ4v) is 4.82. The third-order valence-electron chi connectivity index (χ3n) is 6.49. The van der Waals surface area contributed by atoms with Crippen LogP contribution in [-0.2, 0) is 0 Å². The first-order chi connectivity index (χ1) is 18.6. The average molecular weight is 507 g/mol. The maximum atomic E-state index is 15.2. The van der Waals surface area contributed by atoms with Crippen molar-refractivity contribution >= 4 is 27.9 Å². The fraction of sp³-hybridized carbons (Fsp3) is 0.115. The predicted octanol–water partition coefficient (Wildman–Crippen LogP) is 4.82. The van der Waals surface area contributed by atoms with Crippen molar-refractivity contribution in [3.05, 3.63) is 90.2 Å². The lowest BCUT2D eigenvalue weighted by Crippen LogP contribution is -2.23. The summed E-state index contributed by atoms with van der Waals surface area (Å²) in [6, 6.07) is 6.62. The Morgan fingerprint density at radius 3 is 2.66 bits per heavy atom. The third kappa shape index (κ3) is 3.29. The summed E-state index contributed by atoms with van der Waals surface area (Å²) >= 11 is 0. The molecule has 0 fully saturated rings. The molecule has 0 aliphatic carbocycles. The Kier molecular flexibility index (Phi) is 4.83. The van der Waals surface area contributed by atoms with Crippen LogP contribution in [0.2, 0.25) is 0 Å². The molecule has 0 N–H and O–H groups in total. The second-order valence-electron chi connectivity index (χ2n) is 8.64. The molecule has 0 amide bonds. The van der Waals surface area contributed by atoms with E-state index in [2.05, 4.69) is 24.8 Å². The molecular weight excluding hydrogens is 492 g/mol. The summed E-state index contributed by atoms with van der Waals surface area (Å²) in [7, 11) is 0. The van der Waals surface area contributed by atoms with Gasteiger partial charge in [-0.05, 0) is 24.3 Å². The molecule has 0 saturated carbocycles. The van der Waals surface area contributed by atoms with Crippen LogP contribution in [0.3, 0.4) is 0 Å². The Hall–Kier alpha value is -5.31. The molecule has 1 aliphatic rings. The maximum absolute atomic E-state index is 15.2. The third-order valence-corrected chi connectivity index (χ3v) is 6.49. The van der Waals surface area contributed by atoms with Gasteiger partial charge >= 0.3 is 0 Å². The van der Waals surface area contributed by atoms with Gasteiger partial charge in [-0.3, -0.25) is 4.57 Å². The van der Waals surface area contributed by atoms with Crippen LogP contribution in [0.4, 0.5) is 14.5 Å². The van der Waals surface area contributed by atoms with Crippen LogP contribution in [-0.4, -0.2) is 45.6 Å². The van der Waals surface area contributed by atoms with Gasteiger partial charge in [-0.2, -0.15) is 4.98 Å². The SMILES string of the molecule is [C-]#[N+]c1ccc2ncn(-c3ncc4nc(-c5cncnc5)n(C5CCOc6c(F)ccc(F)c65)c4n3)c2c1. The second kappa shape index (κ2) is 8.38. The highest BCUT2D eigenvalue weighted by atomic mass is 19.1. The van der Waals surface area contributed by atoms with Crippen LogP contribution in [0.5, 0.6) is 5.75 Å². The van der Waals surface area contributed by atoms with E-state index in [0.29, 0.717) is 45.7 Å². The summed E-state index contributed by atoms with van der Waals surface area (Å²) in [5, 5.41) is 0. The first-order valence-electron chi connectivity index (χ1n) is 11.6. The van der Waals surface area contributed by atoms with Gasteiger partial charge in [0.25, 0.3) is 0 Å². The number of imidazole rings is 2. The lowest BCUT2D eigenvalue weighted by atomic mass is 9.98. The largest absolute Gasteiger partial charge is 0.490 e. The summed E-state index contributed by atoms with van der Waals surface area (Å²) < 4.78 is 38.8. The zero-order chi connectivity index (χ0) is 25.8. The van der Waals surface area contributed by atoms with E-state index in [4.69, 9.17) is 21.3 Å². The quantitative estimate of drug-likeness (QED) is 0.317. The highest BCUT2D eigenvalue weighted by molar-refractivity contribution is 5.82. The number of hydrogen-bond donors (Lipinski definition) is 0. The molecule has 1 atom stereocenters. The number of hydrogen-bond acceptors (Lipinski definition) is 7. The molecule has 184 valence electrons. The maximum Gasteiger partial charge on any atom is 0.237 e. The Morgan fingerprint density at radius 2 is 1.82 bits per heavy atom. The molecule has 0 spiro atoms. The molecule has 7 rings (SSSR count). The van der Waals surface area contributed by atoms with Gasteiger partial charge in [0.15, 0.2) is 22.9 Å². The zero-order valence-electron chi connectivity index (χ0n) is 19.5. The van der Waals surface area contributed by atoms with Crippen LogP contribution in [0.15, 0.2) is 61.6 Å². The van der Waals surface area contributed by atoms with E-state index in [1.54, 1.807) is 52.3 Å². The van der Waals surface area contributed by atoms with E-state index in [9.17, 15) is 4.39 Å². The molecule has 0 radical (unpaired) electrons. The molecule has 2 aromatic carbocycles. The van der Waals surface area contributed by atoms with Crippen molar-refractivity contribution in [1.29, 1.82) is 0 Å². The van der Waals surface area contributed by atoms with E-state index in [1.807, 2.05) is 0 Å². The van der Waals surface area contributed by atoms with Crippen LogP contribution in [0.25, 0.3) is 44.4 Å². The van der Waals surface area contributed by atoms with Gasteiger partial charge in [-0.1, -0.05) is 6.07 Å². The van der Waals surface area contributed by atoms with Crippen molar-refractivity contribution in [2.75, 3.05) is 6.61 Å². The standard InChI is InChI=1S/C26H15F2N9O/c1-29-15-2-5-18-21(8-15)36(13-33-18)26-32-11-19-25(35-26)37(24(34-19)14-9-30-12-31-10-14)20-6-7-38-23-17(28)4-3-16(27)22(20)23/h2-5,8-13,20H,6-7H2. The second-order valence-corrected chi connectivity index (χ2v) is 8.64. The summed E-state index contributed by atoms with van der Waals surface area (Å²) in [6.45, 7) is 7.52. The molecule has 6 aromatic rings. The first kappa shape index (κ1) is 21.9. The van der Waals surface area contributed by atoms with Crippen molar-refractivity contribution in [3.63, 3.8) is 0 Å². The minimum atomic E-state index is -0.675. The molecule has 5 heterocycles. The van der Waals surface area contributed by atoms with Crippen molar-refractivity contribution in [3.8, 4) is 23.1 Å². The van der Waals surface area contributed by atoms with Crippen molar-refractivity contribution in [2.24, 2.45) is 0 Å². The smallest absolute Gasteiger partial charge is 0.237 e. The molecular formula is C26H15F2N9O. The van der Waals surface area contributed by atoms with Gasteiger partial charge in [-0.25, -0.2) is 38.5 Å². The molecule has 10 nitrogen and oxygen atoms in total. The van der Waals surface area contributed by atoms with Gasteiger partial charge in [0.1, 0.15) is 29.8 Å². The van der Waals surface area contributed by atoms with Crippen molar-refractivity contribution < 1.29 is 13.5 Å². The van der Waals surface area contributed by atoms with Crippen molar-refractivity contribution in [2.45, 2.75) is 12.5 Å². The molecule has 1 unspecified atom stereocenters. The first-order valence-corrected chi connectivity index (χ1v) is 11.6. The molecule has 0 bridgehead atoms. The summed E-state index contributed by atoms with van der Waals surface area (Å²) in [6.07, 6.45) is 8.07.